The monoisotopic (exact) mass is 216 g/mol. The third-order valence-electron chi connectivity index (χ3n) is 2.25. The lowest BCUT2D eigenvalue weighted by Crippen LogP contribution is -2.11. The Labute approximate surface area is 93.5 Å². The van der Waals surface area contributed by atoms with E-state index < -0.39 is 0 Å². The molecule has 0 spiro atoms. The third kappa shape index (κ3) is 1.95. The van der Waals surface area contributed by atoms with Crippen molar-refractivity contribution in [3.05, 3.63) is 47.7 Å². The number of esters is 1. The molecule has 0 N–H and O–H groups in total. The lowest BCUT2D eigenvalue weighted by Gasteiger charge is -2.05. The molecule has 0 saturated heterocycles. The van der Waals surface area contributed by atoms with E-state index >= 15 is 0 Å². The highest BCUT2D eigenvalue weighted by Gasteiger charge is 2.12. The van der Waals surface area contributed by atoms with Gasteiger partial charge in [0.15, 0.2) is 0 Å². The molecular weight excluding hydrogens is 204 g/mol. The molecule has 0 saturated carbocycles. The minimum atomic E-state index is -0.368. The Morgan fingerprint density at radius 1 is 1.31 bits per heavy atom. The molecule has 2 aromatic rings. The molecule has 2 rings (SSSR count). The van der Waals surface area contributed by atoms with Crippen LogP contribution in [0.4, 0.5) is 0 Å². The lowest BCUT2D eigenvalue weighted by atomic mass is 10.2. The molecule has 82 valence electrons. The number of hydrogen-bond donors (Lipinski definition) is 0. The van der Waals surface area contributed by atoms with Crippen molar-refractivity contribution in [2.45, 2.75) is 6.92 Å². The molecule has 16 heavy (non-hydrogen) atoms. The van der Waals surface area contributed by atoms with Crippen LogP contribution in [-0.2, 0) is 7.05 Å². The van der Waals surface area contributed by atoms with Gasteiger partial charge in [0.05, 0.1) is 11.8 Å². The van der Waals surface area contributed by atoms with Crippen LogP contribution < -0.4 is 4.74 Å². The Morgan fingerprint density at radius 2 is 2.00 bits per heavy atom. The number of rotatable bonds is 2. The summed E-state index contributed by atoms with van der Waals surface area (Å²) < 4.78 is 6.80. The van der Waals surface area contributed by atoms with Crippen LogP contribution in [0, 0.1) is 6.92 Å². The molecule has 0 atom stereocenters. The number of ether oxygens (including phenoxy) is 1. The largest absolute Gasteiger partial charge is 0.404 e. The van der Waals surface area contributed by atoms with Gasteiger partial charge >= 0.3 is 5.97 Å². The smallest absolute Gasteiger partial charge is 0.344 e. The Kier molecular flexibility index (Phi) is 2.72. The second-order valence-corrected chi connectivity index (χ2v) is 3.51. The van der Waals surface area contributed by atoms with Crippen LogP contribution in [0.1, 0.15) is 15.9 Å². The summed E-state index contributed by atoms with van der Waals surface area (Å²) in [5, 5.41) is 4.00. The minimum absolute atomic E-state index is 0.368. The molecule has 1 aromatic carbocycles. The molecule has 0 unspecified atom stereocenters. The molecule has 0 radical (unpaired) electrons. The van der Waals surface area contributed by atoms with E-state index in [0.29, 0.717) is 11.4 Å². The van der Waals surface area contributed by atoms with Crippen molar-refractivity contribution >= 4 is 5.97 Å². The van der Waals surface area contributed by atoms with Crippen molar-refractivity contribution in [3.8, 4) is 5.88 Å². The summed E-state index contributed by atoms with van der Waals surface area (Å²) in [6, 6.07) is 8.88. The van der Waals surface area contributed by atoms with Crippen molar-refractivity contribution < 1.29 is 9.53 Å². The summed E-state index contributed by atoms with van der Waals surface area (Å²) in [6.07, 6.45) is 1.66. The van der Waals surface area contributed by atoms with Crippen molar-refractivity contribution in [1.29, 1.82) is 0 Å². The average molecular weight is 216 g/mol. The van der Waals surface area contributed by atoms with E-state index in [1.807, 2.05) is 13.0 Å². The molecule has 0 fully saturated rings. The predicted octanol–water partition coefficient (Wildman–Crippen LogP) is 1.95. The lowest BCUT2D eigenvalue weighted by molar-refractivity contribution is 0.0719. The molecule has 0 aliphatic carbocycles. The van der Waals surface area contributed by atoms with Gasteiger partial charge in [-0.05, 0) is 19.1 Å². The standard InChI is InChI=1S/C12H12N2O2/c1-9-8-13-14(2)11(9)16-12(15)10-6-4-3-5-7-10/h3-8H,1-2H3. The van der Waals surface area contributed by atoms with E-state index in [2.05, 4.69) is 5.10 Å². The zero-order chi connectivity index (χ0) is 11.5. The molecule has 4 nitrogen and oxygen atoms in total. The van der Waals surface area contributed by atoms with E-state index in [4.69, 9.17) is 4.74 Å². The van der Waals surface area contributed by atoms with Gasteiger partial charge in [-0.2, -0.15) is 5.10 Å². The fourth-order valence-corrected chi connectivity index (χ4v) is 1.40. The van der Waals surface area contributed by atoms with Crippen LogP contribution in [0.25, 0.3) is 0 Å². The molecular formula is C12H12N2O2. The van der Waals surface area contributed by atoms with Gasteiger partial charge < -0.3 is 4.74 Å². The molecule has 1 heterocycles. The first-order valence-electron chi connectivity index (χ1n) is 4.94. The van der Waals surface area contributed by atoms with Gasteiger partial charge in [-0.25, -0.2) is 9.48 Å². The number of aryl methyl sites for hydroxylation is 2. The first-order chi connectivity index (χ1) is 7.68. The maximum atomic E-state index is 11.8. The molecule has 4 heteroatoms. The number of nitrogens with zero attached hydrogens (tertiary/aromatic N) is 2. The summed E-state index contributed by atoms with van der Waals surface area (Å²) in [4.78, 5) is 11.8. The van der Waals surface area contributed by atoms with Crippen LogP contribution in [-0.4, -0.2) is 15.7 Å². The van der Waals surface area contributed by atoms with E-state index in [0.717, 1.165) is 5.56 Å². The summed E-state index contributed by atoms with van der Waals surface area (Å²) in [7, 11) is 1.74. The topological polar surface area (TPSA) is 44.1 Å². The van der Waals surface area contributed by atoms with Crippen molar-refractivity contribution in [3.63, 3.8) is 0 Å². The maximum Gasteiger partial charge on any atom is 0.344 e. The SMILES string of the molecule is Cc1cnn(C)c1OC(=O)c1ccccc1. The van der Waals surface area contributed by atoms with Gasteiger partial charge in [-0.1, -0.05) is 18.2 Å². The van der Waals surface area contributed by atoms with Crippen LogP contribution in [0.2, 0.25) is 0 Å². The Morgan fingerprint density at radius 3 is 2.56 bits per heavy atom. The first-order valence-corrected chi connectivity index (χ1v) is 4.94. The van der Waals surface area contributed by atoms with Gasteiger partial charge in [-0.3, -0.25) is 0 Å². The molecule has 0 aliphatic rings. The number of aromatic nitrogens is 2. The summed E-state index contributed by atoms with van der Waals surface area (Å²) >= 11 is 0. The highest BCUT2D eigenvalue weighted by atomic mass is 16.5. The first kappa shape index (κ1) is 10.4. The van der Waals surface area contributed by atoms with Gasteiger partial charge in [-0.15, -0.1) is 0 Å². The van der Waals surface area contributed by atoms with E-state index in [9.17, 15) is 4.79 Å². The minimum Gasteiger partial charge on any atom is -0.404 e. The van der Waals surface area contributed by atoms with E-state index in [1.165, 1.54) is 4.68 Å². The quantitative estimate of drug-likeness (QED) is 0.721. The highest BCUT2D eigenvalue weighted by molar-refractivity contribution is 5.90. The molecule has 1 aromatic heterocycles. The van der Waals surface area contributed by atoms with Gasteiger partial charge in [0.2, 0.25) is 5.88 Å². The number of benzene rings is 1. The molecule has 0 bridgehead atoms. The van der Waals surface area contributed by atoms with E-state index in [1.54, 1.807) is 37.5 Å². The van der Waals surface area contributed by atoms with Gasteiger partial charge in [0.1, 0.15) is 0 Å². The summed E-state index contributed by atoms with van der Waals surface area (Å²) in [5.41, 5.74) is 1.37. The second-order valence-electron chi connectivity index (χ2n) is 3.51. The van der Waals surface area contributed by atoms with Crippen LogP contribution >= 0.6 is 0 Å². The zero-order valence-corrected chi connectivity index (χ0v) is 9.18. The maximum absolute atomic E-state index is 11.8. The van der Waals surface area contributed by atoms with Crippen LogP contribution in [0.5, 0.6) is 5.88 Å². The fraction of sp³-hybridized carbons (Fsp3) is 0.167. The summed E-state index contributed by atoms with van der Waals surface area (Å²) in [5.74, 6) is 0.112. The predicted molar refractivity (Wildman–Crippen MR) is 59.3 cm³/mol. The zero-order valence-electron chi connectivity index (χ0n) is 9.18. The van der Waals surface area contributed by atoms with Gasteiger partial charge in [0, 0.05) is 12.6 Å². The fourth-order valence-electron chi connectivity index (χ4n) is 1.40. The third-order valence-corrected chi connectivity index (χ3v) is 2.25. The molecule has 0 amide bonds. The normalized spacial score (nSPS) is 10.1. The van der Waals surface area contributed by atoms with Crippen molar-refractivity contribution in [1.82, 2.24) is 9.78 Å². The number of hydrogen-bond acceptors (Lipinski definition) is 3. The second kappa shape index (κ2) is 4.18. The van der Waals surface area contributed by atoms with Crippen molar-refractivity contribution in [2.75, 3.05) is 0 Å². The number of carbonyl (C=O) groups excluding carboxylic acids is 1. The Hall–Kier alpha value is -2.10. The van der Waals surface area contributed by atoms with Gasteiger partial charge in [0.25, 0.3) is 0 Å². The Bertz CT molecular complexity index is 483. The van der Waals surface area contributed by atoms with E-state index in [-0.39, 0.29) is 5.97 Å². The summed E-state index contributed by atoms with van der Waals surface area (Å²) in [6.45, 7) is 1.85. The highest BCUT2D eigenvalue weighted by Crippen LogP contribution is 2.16. The van der Waals surface area contributed by atoms with Crippen LogP contribution in [0.3, 0.4) is 0 Å². The number of carbonyl (C=O) groups is 1. The Balaban J connectivity index is 2.21. The van der Waals surface area contributed by atoms with Crippen molar-refractivity contribution in [2.24, 2.45) is 7.05 Å². The molecule has 0 aliphatic heterocycles. The van der Waals surface area contributed by atoms with Crippen LogP contribution in [0.15, 0.2) is 36.5 Å². The average Bonchev–Trinajstić information content (AvgIpc) is 2.62.